The zero-order valence-electron chi connectivity index (χ0n) is 33.0. The first-order valence-electron chi connectivity index (χ1n) is 19.2. The van der Waals surface area contributed by atoms with Crippen LogP contribution in [0.15, 0.2) is 30.4 Å². The van der Waals surface area contributed by atoms with E-state index in [4.69, 9.17) is 14.2 Å². The van der Waals surface area contributed by atoms with Gasteiger partial charge in [0.25, 0.3) is 5.91 Å². The highest BCUT2D eigenvalue weighted by Gasteiger charge is 2.64. The largest absolute Gasteiger partial charge is 0.497 e. The van der Waals surface area contributed by atoms with Gasteiger partial charge in [-0.2, -0.15) is 0 Å². The fraction of sp³-hybridized carbons (Fsp3) is 0.641. The van der Waals surface area contributed by atoms with Gasteiger partial charge in [0.2, 0.25) is 27.7 Å². The molecule has 1 aromatic carbocycles. The molecule has 306 valence electrons. The number of hydrogen-bond donors (Lipinski definition) is 3. The SMILES string of the molecule is COc1ccc2nc(O[C@@H]3C[C@H]4C(=O)N[C@]5(C(=O)NS(=O)(=O)C6(CF)CC6)C[C@H]5/C=C\CC[C@@H](C)C[C@@H](C)[C@H](NC(=O)OC(C)(C)C)C(=O)N4C3)c(C)nc2c1. The number of alkyl halides is 1. The fourth-order valence-electron chi connectivity index (χ4n) is 7.69. The molecule has 0 radical (unpaired) electrons. The predicted molar refractivity (Wildman–Crippen MR) is 204 cm³/mol. The Labute approximate surface area is 326 Å². The van der Waals surface area contributed by atoms with Crippen LogP contribution in [0.5, 0.6) is 11.6 Å². The van der Waals surface area contributed by atoms with Crippen LogP contribution in [-0.2, 0) is 29.1 Å². The number of fused-ring (bicyclic) bond motifs is 3. The summed E-state index contributed by atoms with van der Waals surface area (Å²) < 4.78 is 57.8. The van der Waals surface area contributed by atoms with Crippen LogP contribution >= 0.6 is 0 Å². The van der Waals surface area contributed by atoms with Crippen LogP contribution in [0.1, 0.15) is 85.3 Å². The molecule has 17 heteroatoms. The second kappa shape index (κ2) is 15.4. The van der Waals surface area contributed by atoms with Gasteiger partial charge < -0.3 is 29.7 Å². The zero-order valence-corrected chi connectivity index (χ0v) is 33.8. The number of carbonyl (C=O) groups excluding carboxylic acids is 4. The molecule has 2 saturated carbocycles. The second-order valence-corrected chi connectivity index (χ2v) is 19.0. The smallest absolute Gasteiger partial charge is 0.408 e. The van der Waals surface area contributed by atoms with E-state index in [1.54, 1.807) is 59.1 Å². The summed E-state index contributed by atoms with van der Waals surface area (Å²) in [6.07, 6.45) is 4.30. The van der Waals surface area contributed by atoms with E-state index in [1.807, 2.05) is 19.9 Å². The number of carbonyl (C=O) groups is 4. The lowest BCUT2D eigenvalue weighted by Crippen LogP contribution is -2.59. The number of nitrogens with zero attached hydrogens (tertiary/aromatic N) is 3. The lowest BCUT2D eigenvalue weighted by Gasteiger charge is -2.33. The molecule has 2 aliphatic carbocycles. The van der Waals surface area contributed by atoms with Crippen molar-refractivity contribution in [1.82, 2.24) is 30.2 Å². The van der Waals surface area contributed by atoms with Crippen molar-refractivity contribution in [2.75, 3.05) is 20.3 Å². The molecule has 1 aromatic heterocycles. The molecule has 4 aliphatic rings. The minimum Gasteiger partial charge on any atom is -0.497 e. The normalized spacial score (nSPS) is 29.8. The van der Waals surface area contributed by atoms with Crippen molar-refractivity contribution >= 4 is 44.9 Å². The number of aryl methyl sites for hydroxylation is 1. The van der Waals surface area contributed by atoms with E-state index in [2.05, 4.69) is 25.3 Å². The number of rotatable bonds is 8. The monoisotopic (exact) mass is 800 g/mol. The Bertz CT molecular complexity index is 2020. The van der Waals surface area contributed by atoms with Crippen molar-refractivity contribution in [2.24, 2.45) is 17.8 Å². The first-order valence-corrected chi connectivity index (χ1v) is 20.7. The van der Waals surface area contributed by atoms with Gasteiger partial charge in [0, 0.05) is 18.4 Å². The van der Waals surface area contributed by atoms with Crippen LogP contribution in [-0.4, -0.2) is 102 Å². The number of amides is 4. The highest BCUT2D eigenvalue weighted by Crippen LogP contribution is 2.48. The molecule has 1 saturated heterocycles. The third kappa shape index (κ3) is 8.56. The number of aromatic nitrogens is 2. The molecular weight excluding hydrogens is 748 g/mol. The number of methoxy groups -OCH3 is 1. The Morgan fingerprint density at radius 2 is 1.84 bits per heavy atom. The van der Waals surface area contributed by atoms with Gasteiger partial charge in [-0.15, -0.1) is 0 Å². The third-order valence-electron chi connectivity index (χ3n) is 11.2. The maximum atomic E-state index is 14.7. The van der Waals surface area contributed by atoms with E-state index >= 15 is 0 Å². The quantitative estimate of drug-likeness (QED) is 0.327. The Kier molecular flexibility index (Phi) is 11.3. The average Bonchev–Trinajstić information content (AvgIpc) is 4.02. The third-order valence-corrected chi connectivity index (χ3v) is 13.3. The number of halogens is 1. The van der Waals surface area contributed by atoms with Gasteiger partial charge in [0.05, 0.1) is 24.7 Å². The maximum Gasteiger partial charge on any atom is 0.408 e. The summed E-state index contributed by atoms with van der Waals surface area (Å²) in [5.41, 5.74) is -0.922. The van der Waals surface area contributed by atoms with Crippen LogP contribution in [0.4, 0.5) is 9.18 Å². The summed E-state index contributed by atoms with van der Waals surface area (Å²) in [5, 5.41) is 5.60. The molecule has 56 heavy (non-hydrogen) atoms. The van der Waals surface area contributed by atoms with Gasteiger partial charge in [-0.3, -0.25) is 19.1 Å². The minimum absolute atomic E-state index is 0.0231. The van der Waals surface area contributed by atoms with Crippen LogP contribution in [0.25, 0.3) is 11.0 Å². The number of hydrogen-bond acceptors (Lipinski definition) is 11. The van der Waals surface area contributed by atoms with Gasteiger partial charge in [-0.1, -0.05) is 26.0 Å². The molecule has 6 rings (SSSR count). The van der Waals surface area contributed by atoms with Crippen LogP contribution < -0.4 is 24.8 Å². The number of allylic oxidation sites excluding steroid dienone is 1. The van der Waals surface area contributed by atoms with Gasteiger partial charge >= 0.3 is 6.09 Å². The summed E-state index contributed by atoms with van der Waals surface area (Å²) in [4.78, 5) is 66.9. The van der Waals surface area contributed by atoms with E-state index in [0.29, 0.717) is 35.3 Å². The van der Waals surface area contributed by atoms with Crippen molar-refractivity contribution in [1.29, 1.82) is 0 Å². The van der Waals surface area contributed by atoms with Crippen molar-refractivity contribution in [2.45, 2.75) is 121 Å². The van der Waals surface area contributed by atoms with Crippen molar-refractivity contribution in [3.8, 4) is 11.6 Å². The number of nitrogens with one attached hydrogen (secondary N) is 3. The van der Waals surface area contributed by atoms with E-state index < -0.39 is 80.5 Å². The summed E-state index contributed by atoms with van der Waals surface area (Å²) >= 11 is 0. The van der Waals surface area contributed by atoms with E-state index in [-0.39, 0.29) is 49.9 Å². The molecule has 3 fully saturated rings. The number of alkyl carbamates (subject to hydrolysis) is 1. The first kappa shape index (κ1) is 41.1. The second-order valence-electron chi connectivity index (χ2n) is 16.9. The predicted octanol–water partition coefficient (Wildman–Crippen LogP) is 4.02. The summed E-state index contributed by atoms with van der Waals surface area (Å²) in [5.74, 6) is -2.22. The van der Waals surface area contributed by atoms with Gasteiger partial charge in [-0.05, 0) is 90.2 Å². The van der Waals surface area contributed by atoms with Crippen LogP contribution in [0.3, 0.4) is 0 Å². The molecule has 3 N–H and O–H groups in total. The first-order chi connectivity index (χ1) is 26.3. The number of benzene rings is 1. The van der Waals surface area contributed by atoms with Crippen molar-refractivity contribution in [3.63, 3.8) is 0 Å². The van der Waals surface area contributed by atoms with E-state index in [0.717, 1.165) is 6.42 Å². The average molecular weight is 801 g/mol. The Morgan fingerprint density at radius 3 is 2.50 bits per heavy atom. The molecule has 0 bridgehead atoms. The minimum atomic E-state index is -4.39. The highest BCUT2D eigenvalue weighted by atomic mass is 32.2. The summed E-state index contributed by atoms with van der Waals surface area (Å²) in [7, 11) is -2.84. The molecule has 2 aromatic rings. The summed E-state index contributed by atoms with van der Waals surface area (Å²) in [6, 6.07) is 2.93. The molecule has 4 amide bonds. The van der Waals surface area contributed by atoms with Crippen molar-refractivity contribution < 1.29 is 46.2 Å². The Hall–Kier alpha value is -4.54. The van der Waals surface area contributed by atoms with Crippen molar-refractivity contribution in [3.05, 3.63) is 36.0 Å². The Balaban J connectivity index is 1.34. The van der Waals surface area contributed by atoms with Gasteiger partial charge in [-0.25, -0.2) is 27.6 Å². The lowest BCUT2D eigenvalue weighted by molar-refractivity contribution is -0.142. The molecule has 3 heterocycles. The fourth-order valence-corrected chi connectivity index (χ4v) is 9.11. The van der Waals surface area contributed by atoms with Gasteiger partial charge in [0.15, 0.2) is 0 Å². The highest BCUT2D eigenvalue weighted by molar-refractivity contribution is 7.91. The van der Waals surface area contributed by atoms with Crippen LogP contribution in [0, 0.1) is 24.7 Å². The standard InChI is InChI=1S/C39H53FN6O9S/c1-22-10-8-9-11-25-19-39(25,35(49)45-56(51,52)38(21-40)14-15-38)44-32(47)30-18-27(54-33-24(3)41-29-17-26(53-7)12-13-28(29)42-33)20-46(30)34(48)31(23(2)16-22)43-36(50)55-37(4,5)6/h9,11-13,17,22-23,25,27,30-31H,8,10,14-16,18-21H2,1-7H3,(H,43,50)(H,44,47)(H,45,49)/b11-9-/t22-,23-,25-,27-,30+,31+,39-/m1/s1. The molecule has 2 aliphatic heterocycles. The van der Waals surface area contributed by atoms with Gasteiger partial charge in [0.1, 0.15) is 52.2 Å². The molecule has 0 spiro atoms. The zero-order chi connectivity index (χ0) is 40.8. The molecule has 7 atom stereocenters. The summed E-state index contributed by atoms with van der Waals surface area (Å²) in [6.45, 7) is 9.56. The molecule has 15 nitrogen and oxygen atoms in total. The molecular formula is C39H53FN6O9S. The topological polar surface area (TPSA) is 195 Å². The van der Waals surface area contributed by atoms with E-state index in [1.165, 1.54) is 4.90 Å². The van der Waals surface area contributed by atoms with Crippen LogP contribution in [0.2, 0.25) is 0 Å². The number of ether oxygens (including phenoxy) is 3. The lowest BCUT2D eigenvalue weighted by atomic mass is 9.88. The number of sulfonamides is 1. The van der Waals surface area contributed by atoms with E-state index in [9.17, 15) is 32.0 Å². The molecule has 0 unspecified atom stereocenters. The maximum absolute atomic E-state index is 14.7. The Morgan fingerprint density at radius 1 is 1.11 bits per heavy atom.